The number of benzene rings is 1. The molecule has 2 aromatic heterocycles. The lowest BCUT2D eigenvalue weighted by atomic mass is 9.84. The Labute approximate surface area is 228 Å². The number of aromatic nitrogens is 3. The van der Waals surface area contributed by atoms with Crippen molar-refractivity contribution < 1.29 is 23.0 Å². The minimum Gasteiger partial charge on any atom is -0.491 e. The number of fused-ring (bicyclic) bond motifs is 1. The van der Waals surface area contributed by atoms with E-state index in [1.165, 1.54) is 19.2 Å². The zero-order valence-electron chi connectivity index (χ0n) is 22.4. The number of carbonyl (C=O) groups excluding carboxylic acids is 1. The highest BCUT2D eigenvalue weighted by molar-refractivity contribution is 7.14. The fourth-order valence-electron chi connectivity index (χ4n) is 5.79. The maximum atomic E-state index is 14.2. The van der Waals surface area contributed by atoms with Crippen LogP contribution in [0.1, 0.15) is 60.6 Å². The predicted molar refractivity (Wildman–Crippen MR) is 143 cm³/mol. The van der Waals surface area contributed by atoms with E-state index in [2.05, 4.69) is 10.2 Å². The van der Waals surface area contributed by atoms with Crippen molar-refractivity contribution in [2.45, 2.75) is 57.7 Å². The summed E-state index contributed by atoms with van der Waals surface area (Å²) in [6.45, 7) is 5.03. The van der Waals surface area contributed by atoms with Gasteiger partial charge in [-0.25, -0.2) is 8.78 Å². The second-order valence-corrected chi connectivity index (χ2v) is 10.8. The number of hydrogen-bond acceptors (Lipinski definition) is 8. The van der Waals surface area contributed by atoms with Crippen LogP contribution in [0.15, 0.2) is 29.2 Å². The van der Waals surface area contributed by atoms with Gasteiger partial charge in [0.25, 0.3) is 5.91 Å². The number of rotatable bonds is 7. The van der Waals surface area contributed by atoms with E-state index >= 15 is 0 Å². The largest absolute Gasteiger partial charge is 0.491 e. The molecule has 1 aliphatic carbocycles. The number of amides is 1. The molecule has 1 amide bonds. The molecule has 0 unspecified atom stereocenters. The number of halogens is 2. The molecule has 1 spiro atoms. The van der Waals surface area contributed by atoms with Crippen molar-refractivity contribution in [1.82, 2.24) is 19.8 Å². The number of nitrogens with zero attached hydrogens (tertiary/aromatic N) is 5. The predicted octanol–water partition coefficient (Wildman–Crippen LogP) is 3.96. The minimum absolute atomic E-state index is 0.0676. The molecule has 5 rings (SSSR count). The van der Waals surface area contributed by atoms with E-state index in [0.717, 1.165) is 30.2 Å². The van der Waals surface area contributed by atoms with Crippen molar-refractivity contribution in [3.63, 3.8) is 0 Å². The van der Waals surface area contributed by atoms with Crippen LogP contribution in [0.3, 0.4) is 0 Å². The lowest BCUT2D eigenvalue weighted by Gasteiger charge is -2.56. The standard InChI is InChI=1S/C27H31F2N5O4S/c1-5-33-26(36)22-24(37-4)23(35)19(15-34(22)32(3)27(33)11-9-18(10-12-27)38-6-2)25-31-30-21(39-25)13-16-7-8-17(28)14-20(16)29/h7-8,14-15,18H,5-6,9-13H2,1-4H3/t18-,27-. The lowest BCUT2D eigenvalue weighted by molar-refractivity contribution is -0.0310. The van der Waals surface area contributed by atoms with Gasteiger partial charge in [-0.2, -0.15) is 0 Å². The highest BCUT2D eigenvalue weighted by Gasteiger charge is 2.51. The summed E-state index contributed by atoms with van der Waals surface area (Å²) in [7, 11) is 3.28. The number of ether oxygens (including phenoxy) is 2. The van der Waals surface area contributed by atoms with E-state index in [1.807, 2.05) is 30.8 Å². The SMILES string of the molecule is CCO[C@H]1CC[C@@]2(CC1)N(CC)C(=O)c1c(OC)c(=O)c(-c3nnc(Cc4ccc(F)cc4F)s3)cn1N2C. The molecule has 208 valence electrons. The normalized spacial score (nSPS) is 21.0. The molecule has 0 N–H and O–H groups in total. The molecule has 12 heteroatoms. The minimum atomic E-state index is -0.674. The van der Waals surface area contributed by atoms with Crippen LogP contribution in [0.2, 0.25) is 0 Å². The molecule has 0 radical (unpaired) electrons. The monoisotopic (exact) mass is 559 g/mol. The first-order valence-corrected chi connectivity index (χ1v) is 13.8. The Balaban J connectivity index is 1.55. The van der Waals surface area contributed by atoms with Crippen LogP contribution in [-0.2, 0) is 11.2 Å². The van der Waals surface area contributed by atoms with Crippen LogP contribution in [-0.4, -0.2) is 64.8 Å². The van der Waals surface area contributed by atoms with Crippen LogP contribution in [0.5, 0.6) is 5.75 Å². The fourth-order valence-corrected chi connectivity index (χ4v) is 6.66. The maximum Gasteiger partial charge on any atom is 0.278 e. The van der Waals surface area contributed by atoms with E-state index < -0.39 is 22.7 Å². The van der Waals surface area contributed by atoms with Crippen LogP contribution in [0, 0.1) is 11.6 Å². The number of carbonyl (C=O) groups is 1. The molecule has 3 aromatic rings. The highest BCUT2D eigenvalue weighted by Crippen LogP contribution is 2.41. The van der Waals surface area contributed by atoms with E-state index in [-0.39, 0.29) is 41.0 Å². The first kappa shape index (κ1) is 27.2. The third-order valence-electron chi connectivity index (χ3n) is 7.73. The van der Waals surface area contributed by atoms with Gasteiger partial charge in [-0.05, 0) is 51.2 Å². The van der Waals surface area contributed by atoms with Crippen molar-refractivity contribution in [2.75, 3.05) is 32.3 Å². The molecule has 2 aliphatic rings. The number of pyridine rings is 1. The molecule has 3 heterocycles. The van der Waals surface area contributed by atoms with Crippen LogP contribution in [0.4, 0.5) is 8.78 Å². The van der Waals surface area contributed by atoms with Gasteiger partial charge in [0.05, 0.1) is 18.8 Å². The maximum absolute atomic E-state index is 14.2. The second-order valence-electron chi connectivity index (χ2n) is 9.72. The highest BCUT2D eigenvalue weighted by atomic mass is 32.1. The van der Waals surface area contributed by atoms with Gasteiger partial charge in [-0.1, -0.05) is 17.4 Å². The summed E-state index contributed by atoms with van der Waals surface area (Å²) in [6, 6.07) is 3.37. The topological polar surface area (TPSA) is 89.8 Å². The molecular weight excluding hydrogens is 528 g/mol. The second kappa shape index (κ2) is 10.6. The van der Waals surface area contributed by atoms with E-state index in [1.54, 1.807) is 10.9 Å². The summed E-state index contributed by atoms with van der Waals surface area (Å²) < 4.78 is 40.6. The van der Waals surface area contributed by atoms with Gasteiger partial charge in [0.15, 0.2) is 16.5 Å². The summed E-state index contributed by atoms with van der Waals surface area (Å²) in [5, 5.41) is 11.1. The summed E-state index contributed by atoms with van der Waals surface area (Å²) in [5.41, 5.74) is -0.412. The number of methoxy groups -OCH3 is 1. The van der Waals surface area contributed by atoms with Gasteiger partial charge >= 0.3 is 0 Å². The lowest BCUT2D eigenvalue weighted by Crippen LogP contribution is -2.70. The van der Waals surface area contributed by atoms with Gasteiger partial charge in [0, 0.05) is 38.9 Å². The summed E-state index contributed by atoms with van der Waals surface area (Å²) >= 11 is 1.14. The molecule has 0 bridgehead atoms. The first-order valence-electron chi connectivity index (χ1n) is 13.0. The van der Waals surface area contributed by atoms with Crippen molar-refractivity contribution in [3.8, 4) is 16.3 Å². The summed E-state index contributed by atoms with van der Waals surface area (Å²) in [4.78, 5) is 29.2. The molecule has 1 fully saturated rings. The van der Waals surface area contributed by atoms with Crippen molar-refractivity contribution in [1.29, 1.82) is 0 Å². The smallest absolute Gasteiger partial charge is 0.278 e. The molecule has 1 aromatic carbocycles. The molecule has 9 nitrogen and oxygen atoms in total. The first-order chi connectivity index (χ1) is 18.7. The van der Waals surface area contributed by atoms with Crippen molar-refractivity contribution in [3.05, 3.63) is 62.5 Å². The van der Waals surface area contributed by atoms with Gasteiger partial charge in [0.1, 0.15) is 22.3 Å². The summed E-state index contributed by atoms with van der Waals surface area (Å²) in [5.74, 6) is -1.67. The average Bonchev–Trinajstić information content (AvgIpc) is 3.38. The Morgan fingerprint density at radius 2 is 1.90 bits per heavy atom. The number of hydrogen-bond donors (Lipinski definition) is 0. The zero-order chi connectivity index (χ0) is 27.9. The Kier molecular flexibility index (Phi) is 7.43. The van der Waals surface area contributed by atoms with Crippen LogP contribution >= 0.6 is 11.3 Å². The van der Waals surface area contributed by atoms with Gasteiger partial charge < -0.3 is 14.4 Å². The molecule has 0 saturated heterocycles. The third kappa shape index (κ3) is 4.59. The Hall–Kier alpha value is -3.38. The van der Waals surface area contributed by atoms with Crippen LogP contribution < -0.4 is 15.2 Å². The van der Waals surface area contributed by atoms with E-state index in [9.17, 15) is 18.4 Å². The van der Waals surface area contributed by atoms with Crippen LogP contribution in [0.25, 0.3) is 10.6 Å². The Morgan fingerprint density at radius 1 is 1.15 bits per heavy atom. The van der Waals surface area contributed by atoms with Crippen molar-refractivity contribution in [2.24, 2.45) is 0 Å². The molecule has 1 aliphatic heterocycles. The van der Waals surface area contributed by atoms with Gasteiger partial charge in [-0.3, -0.25) is 19.3 Å². The quantitative estimate of drug-likeness (QED) is 0.433. The summed E-state index contributed by atoms with van der Waals surface area (Å²) in [6.07, 6.45) is 4.90. The van der Waals surface area contributed by atoms with E-state index in [4.69, 9.17) is 9.47 Å². The molecular formula is C27H31F2N5O4S. The molecule has 39 heavy (non-hydrogen) atoms. The van der Waals surface area contributed by atoms with E-state index in [0.29, 0.717) is 36.0 Å². The zero-order valence-corrected chi connectivity index (χ0v) is 23.2. The third-order valence-corrected chi connectivity index (χ3v) is 8.69. The average molecular weight is 560 g/mol. The molecule has 1 saturated carbocycles. The Bertz CT molecular complexity index is 1450. The van der Waals surface area contributed by atoms with Crippen molar-refractivity contribution >= 4 is 17.2 Å². The van der Waals surface area contributed by atoms with Gasteiger partial charge in [0.2, 0.25) is 5.43 Å². The molecule has 0 atom stereocenters. The fraction of sp³-hybridized carbons (Fsp3) is 0.481. The Morgan fingerprint density at radius 3 is 2.54 bits per heavy atom. The van der Waals surface area contributed by atoms with Gasteiger partial charge in [-0.15, -0.1) is 10.2 Å².